The number of hydrogen-bond donors (Lipinski definition) is 2. The van der Waals surface area contributed by atoms with Crippen molar-refractivity contribution in [3.63, 3.8) is 0 Å². The van der Waals surface area contributed by atoms with Gasteiger partial charge in [0, 0.05) is 11.7 Å². The summed E-state index contributed by atoms with van der Waals surface area (Å²) in [6.07, 6.45) is -3.97. The molecule has 1 amide bonds. The zero-order valence-electron chi connectivity index (χ0n) is 13.5. The highest BCUT2D eigenvalue weighted by molar-refractivity contribution is 7.99. The van der Waals surface area contributed by atoms with Gasteiger partial charge in [-0.1, -0.05) is 25.6 Å². The second-order valence-electron chi connectivity index (χ2n) is 5.86. The largest absolute Gasteiger partial charge is 0.481 e. The monoisotopic (exact) mass is 364 g/mol. The van der Waals surface area contributed by atoms with E-state index in [4.69, 9.17) is 5.11 Å². The van der Waals surface area contributed by atoms with Crippen LogP contribution in [0.3, 0.4) is 0 Å². The first-order chi connectivity index (χ1) is 10.9. The van der Waals surface area contributed by atoms with Crippen LogP contribution in [-0.4, -0.2) is 33.3 Å². The smallest absolute Gasteiger partial charge is 0.417 e. The molecule has 1 rings (SSSR count). The molecule has 1 unspecified atom stereocenters. The third kappa shape index (κ3) is 6.03. The molecule has 0 saturated carbocycles. The predicted molar refractivity (Wildman–Crippen MR) is 83.6 cm³/mol. The maximum atomic E-state index is 12.4. The van der Waals surface area contributed by atoms with Crippen molar-refractivity contribution in [3.05, 3.63) is 23.9 Å². The Balaban J connectivity index is 2.63. The van der Waals surface area contributed by atoms with E-state index in [1.54, 1.807) is 20.8 Å². The van der Waals surface area contributed by atoms with Gasteiger partial charge in [0.1, 0.15) is 0 Å². The Labute approximate surface area is 142 Å². The van der Waals surface area contributed by atoms with Gasteiger partial charge < -0.3 is 10.4 Å². The lowest BCUT2D eigenvalue weighted by Crippen LogP contribution is -2.51. The molecule has 0 aliphatic heterocycles. The van der Waals surface area contributed by atoms with Crippen LogP contribution in [0.25, 0.3) is 0 Å². The minimum absolute atomic E-state index is 0.0692. The van der Waals surface area contributed by atoms with Gasteiger partial charge in [-0.05, 0) is 25.0 Å². The Hall–Kier alpha value is -1.77. The Morgan fingerprint density at radius 1 is 1.33 bits per heavy atom. The summed E-state index contributed by atoms with van der Waals surface area (Å²) in [5.74, 6) is -1.60. The van der Waals surface area contributed by atoms with E-state index in [2.05, 4.69) is 10.3 Å². The number of hydrogen-bond acceptors (Lipinski definition) is 4. The van der Waals surface area contributed by atoms with Gasteiger partial charge in [-0.15, -0.1) is 0 Å². The fourth-order valence-electron chi connectivity index (χ4n) is 1.83. The number of amides is 1. The molecule has 0 aliphatic carbocycles. The second kappa shape index (κ2) is 7.87. The van der Waals surface area contributed by atoms with E-state index < -0.39 is 29.2 Å². The van der Waals surface area contributed by atoms with Gasteiger partial charge in [0.05, 0.1) is 22.8 Å². The highest BCUT2D eigenvalue weighted by Crippen LogP contribution is 2.29. The van der Waals surface area contributed by atoms with Gasteiger partial charge in [0.2, 0.25) is 5.91 Å². The van der Waals surface area contributed by atoms with Gasteiger partial charge in [0.15, 0.2) is 0 Å². The molecule has 0 saturated heterocycles. The Kier molecular flexibility index (Phi) is 6.65. The minimum Gasteiger partial charge on any atom is -0.481 e. The summed E-state index contributed by atoms with van der Waals surface area (Å²) in [7, 11) is 0. The maximum absolute atomic E-state index is 12.4. The van der Waals surface area contributed by atoms with Crippen molar-refractivity contribution in [1.82, 2.24) is 10.3 Å². The van der Waals surface area contributed by atoms with Crippen molar-refractivity contribution in [3.8, 4) is 0 Å². The second-order valence-corrected chi connectivity index (χ2v) is 6.86. The lowest BCUT2D eigenvalue weighted by atomic mass is 9.85. The summed E-state index contributed by atoms with van der Waals surface area (Å²) in [5.41, 5.74) is -1.76. The molecule has 24 heavy (non-hydrogen) atoms. The van der Waals surface area contributed by atoms with E-state index in [-0.39, 0.29) is 23.1 Å². The standard InChI is InChI=1S/C15H19F3N2O3S/c1-9(2)14(3,6-13(22)23)20-11(21)8-24-12-5-4-10(7-19-12)15(16,17)18/h4-5,7,9H,6,8H2,1-3H3,(H,20,21)(H,22,23). The zero-order valence-corrected chi connectivity index (χ0v) is 14.3. The van der Waals surface area contributed by atoms with E-state index in [0.717, 1.165) is 17.8 Å². The molecule has 1 aromatic heterocycles. The maximum Gasteiger partial charge on any atom is 0.417 e. The van der Waals surface area contributed by atoms with Gasteiger partial charge in [0.25, 0.3) is 0 Å². The van der Waals surface area contributed by atoms with Crippen molar-refractivity contribution < 1.29 is 27.9 Å². The quantitative estimate of drug-likeness (QED) is 0.727. The molecule has 0 aromatic carbocycles. The molecule has 1 heterocycles. The number of carboxylic acid groups (broad SMARTS) is 1. The van der Waals surface area contributed by atoms with Crippen LogP contribution in [0.15, 0.2) is 23.4 Å². The first kappa shape index (κ1) is 20.3. The summed E-state index contributed by atoms with van der Waals surface area (Å²) in [6.45, 7) is 5.24. The molecule has 0 fully saturated rings. The average molecular weight is 364 g/mol. The van der Waals surface area contributed by atoms with Crippen LogP contribution in [-0.2, 0) is 15.8 Å². The lowest BCUT2D eigenvalue weighted by Gasteiger charge is -2.33. The highest BCUT2D eigenvalue weighted by atomic mass is 32.2. The number of alkyl halides is 3. The number of thioether (sulfide) groups is 1. The average Bonchev–Trinajstić information content (AvgIpc) is 2.43. The molecule has 0 spiro atoms. The Morgan fingerprint density at radius 3 is 2.38 bits per heavy atom. The third-order valence-corrected chi connectivity index (χ3v) is 4.58. The SMILES string of the molecule is CC(C)C(C)(CC(=O)O)NC(=O)CSc1ccc(C(F)(F)F)cn1. The molecular formula is C15H19F3N2O3S. The predicted octanol–water partition coefficient (Wildman–Crippen LogP) is 3.20. The van der Waals surface area contributed by atoms with E-state index in [1.807, 2.05) is 0 Å². The number of nitrogens with zero attached hydrogens (tertiary/aromatic N) is 1. The van der Waals surface area contributed by atoms with E-state index in [0.29, 0.717) is 6.20 Å². The molecule has 1 atom stereocenters. The number of rotatable bonds is 7. The number of carbonyl (C=O) groups excluding carboxylic acids is 1. The van der Waals surface area contributed by atoms with Crippen LogP contribution < -0.4 is 5.32 Å². The van der Waals surface area contributed by atoms with E-state index in [9.17, 15) is 22.8 Å². The molecule has 134 valence electrons. The number of halogens is 3. The van der Waals surface area contributed by atoms with Crippen LogP contribution >= 0.6 is 11.8 Å². The van der Waals surface area contributed by atoms with Gasteiger partial charge in [-0.2, -0.15) is 13.2 Å². The Morgan fingerprint density at radius 2 is 1.96 bits per heavy atom. The topological polar surface area (TPSA) is 79.3 Å². The molecule has 2 N–H and O–H groups in total. The molecule has 0 radical (unpaired) electrons. The van der Waals surface area contributed by atoms with Gasteiger partial charge in [-0.25, -0.2) is 4.98 Å². The molecule has 0 aliphatic rings. The van der Waals surface area contributed by atoms with Crippen molar-refractivity contribution in [2.45, 2.75) is 43.9 Å². The van der Waals surface area contributed by atoms with Crippen molar-refractivity contribution in [1.29, 1.82) is 0 Å². The minimum atomic E-state index is -4.45. The van der Waals surface area contributed by atoms with Crippen molar-refractivity contribution >= 4 is 23.6 Å². The summed E-state index contributed by atoms with van der Waals surface area (Å²) in [5, 5.41) is 11.9. The number of aliphatic carboxylic acids is 1. The third-order valence-electron chi connectivity index (χ3n) is 3.63. The number of nitrogens with one attached hydrogen (secondary N) is 1. The summed E-state index contributed by atoms with van der Waals surface area (Å²) >= 11 is 0.981. The van der Waals surface area contributed by atoms with E-state index in [1.165, 1.54) is 6.07 Å². The first-order valence-electron chi connectivity index (χ1n) is 7.13. The normalized spacial score (nSPS) is 14.3. The van der Waals surface area contributed by atoms with Crippen LogP contribution in [0, 0.1) is 5.92 Å². The van der Waals surface area contributed by atoms with Gasteiger partial charge in [-0.3, -0.25) is 9.59 Å². The number of pyridine rings is 1. The lowest BCUT2D eigenvalue weighted by molar-refractivity contribution is -0.140. The van der Waals surface area contributed by atoms with E-state index >= 15 is 0 Å². The highest BCUT2D eigenvalue weighted by Gasteiger charge is 2.33. The van der Waals surface area contributed by atoms with Crippen LogP contribution in [0.1, 0.15) is 32.8 Å². The molecule has 9 heteroatoms. The zero-order chi connectivity index (χ0) is 18.5. The molecular weight excluding hydrogens is 345 g/mol. The fraction of sp³-hybridized carbons (Fsp3) is 0.533. The van der Waals surface area contributed by atoms with Crippen LogP contribution in [0.2, 0.25) is 0 Å². The summed E-state index contributed by atoms with van der Waals surface area (Å²) in [4.78, 5) is 26.6. The Bertz CT molecular complexity index is 591. The first-order valence-corrected chi connectivity index (χ1v) is 8.11. The molecule has 5 nitrogen and oxygen atoms in total. The number of aromatic nitrogens is 1. The molecule has 0 bridgehead atoms. The summed E-state index contributed by atoms with van der Waals surface area (Å²) < 4.78 is 37.3. The number of carbonyl (C=O) groups is 2. The fourth-order valence-corrected chi connectivity index (χ4v) is 2.48. The summed E-state index contributed by atoms with van der Waals surface area (Å²) in [6, 6.07) is 2.09. The van der Waals surface area contributed by atoms with Crippen LogP contribution in [0.5, 0.6) is 0 Å². The van der Waals surface area contributed by atoms with Crippen molar-refractivity contribution in [2.24, 2.45) is 5.92 Å². The molecule has 1 aromatic rings. The number of carboxylic acids is 1. The van der Waals surface area contributed by atoms with Crippen LogP contribution in [0.4, 0.5) is 13.2 Å². The van der Waals surface area contributed by atoms with Crippen molar-refractivity contribution in [2.75, 3.05) is 5.75 Å². The van der Waals surface area contributed by atoms with Gasteiger partial charge >= 0.3 is 12.1 Å².